The second kappa shape index (κ2) is 7.64. The Morgan fingerprint density at radius 2 is 2.05 bits per heavy atom. The van der Waals surface area contributed by atoms with Gasteiger partial charge in [-0.25, -0.2) is 4.79 Å². The number of hydrogen-bond donors (Lipinski definition) is 1. The fraction of sp³-hybridized carbons (Fsp3) is 0.250. The van der Waals surface area contributed by atoms with E-state index in [1.807, 2.05) is 43.3 Å². The number of pyridine rings is 1. The predicted molar refractivity (Wildman–Crippen MR) is 84.0 cm³/mol. The molecule has 0 saturated carbocycles. The van der Waals surface area contributed by atoms with Crippen LogP contribution in [0.2, 0.25) is 5.02 Å². The number of carbonyl (C=O) groups excluding carboxylic acids is 1. The van der Waals surface area contributed by atoms with Crippen LogP contribution in [-0.4, -0.2) is 22.5 Å². The molecular formula is C16H18ClN3O. The lowest BCUT2D eigenvalue weighted by atomic mass is 10.2. The molecule has 1 aromatic carbocycles. The van der Waals surface area contributed by atoms with E-state index in [4.69, 9.17) is 11.6 Å². The number of benzene rings is 1. The van der Waals surface area contributed by atoms with E-state index in [0.29, 0.717) is 24.7 Å². The average Bonchev–Trinajstić information content (AvgIpc) is 2.50. The van der Waals surface area contributed by atoms with Gasteiger partial charge in [0.05, 0.1) is 0 Å². The van der Waals surface area contributed by atoms with E-state index in [1.54, 1.807) is 17.3 Å². The van der Waals surface area contributed by atoms with Gasteiger partial charge in [-0.1, -0.05) is 35.9 Å². The van der Waals surface area contributed by atoms with Gasteiger partial charge >= 0.3 is 6.03 Å². The first-order chi connectivity index (χ1) is 10.2. The van der Waals surface area contributed by atoms with E-state index in [1.165, 1.54) is 0 Å². The minimum Gasteiger partial charge on any atom is -0.338 e. The van der Waals surface area contributed by atoms with Gasteiger partial charge in [0.1, 0.15) is 0 Å². The van der Waals surface area contributed by atoms with E-state index in [9.17, 15) is 4.79 Å². The number of aromatic nitrogens is 1. The molecule has 0 atom stereocenters. The number of nitrogens with zero attached hydrogens (tertiary/aromatic N) is 2. The van der Waals surface area contributed by atoms with Gasteiger partial charge in [-0.05, 0) is 30.2 Å². The van der Waals surface area contributed by atoms with Crippen molar-refractivity contribution in [3.63, 3.8) is 0 Å². The van der Waals surface area contributed by atoms with Crippen LogP contribution in [0.3, 0.4) is 0 Å². The van der Waals surface area contributed by atoms with E-state index < -0.39 is 0 Å². The van der Waals surface area contributed by atoms with Crippen molar-refractivity contribution in [1.29, 1.82) is 0 Å². The molecule has 1 N–H and O–H groups in total. The van der Waals surface area contributed by atoms with Crippen molar-refractivity contribution in [2.24, 2.45) is 0 Å². The summed E-state index contributed by atoms with van der Waals surface area (Å²) in [6, 6.07) is 11.3. The van der Waals surface area contributed by atoms with Crippen LogP contribution in [0.4, 0.5) is 4.79 Å². The maximum Gasteiger partial charge on any atom is 0.317 e. The molecule has 2 aromatic rings. The van der Waals surface area contributed by atoms with Gasteiger partial charge < -0.3 is 10.2 Å². The second-order valence-electron chi connectivity index (χ2n) is 4.64. The Kier molecular flexibility index (Phi) is 5.58. The topological polar surface area (TPSA) is 45.2 Å². The van der Waals surface area contributed by atoms with Crippen molar-refractivity contribution in [2.45, 2.75) is 20.0 Å². The highest BCUT2D eigenvalue weighted by molar-refractivity contribution is 6.31. The molecule has 2 amide bonds. The van der Waals surface area contributed by atoms with Crippen molar-refractivity contribution in [3.8, 4) is 0 Å². The summed E-state index contributed by atoms with van der Waals surface area (Å²) in [5, 5.41) is 3.49. The minimum absolute atomic E-state index is 0.110. The van der Waals surface area contributed by atoms with E-state index >= 15 is 0 Å². The first-order valence-electron chi connectivity index (χ1n) is 6.85. The summed E-state index contributed by atoms with van der Waals surface area (Å²) in [4.78, 5) is 18.0. The quantitative estimate of drug-likeness (QED) is 0.919. The van der Waals surface area contributed by atoms with Crippen molar-refractivity contribution >= 4 is 17.6 Å². The molecule has 1 heterocycles. The van der Waals surface area contributed by atoms with Gasteiger partial charge in [-0.2, -0.15) is 0 Å². The minimum atomic E-state index is -0.110. The summed E-state index contributed by atoms with van der Waals surface area (Å²) in [5.74, 6) is 0. The zero-order valence-electron chi connectivity index (χ0n) is 11.9. The molecule has 0 saturated heterocycles. The zero-order valence-corrected chi connectivity index (χ0v) is 12.7. The summed E-state index contributed by atoms with van der Waals surface area (Å²) in [5.41, 5.74) is 1.91. The smallest absolute Gasteiger partial charge is 0.317 e. The van der Waals surface area contributed by atoms with Gasteiger partial charge in [0.2, 0.25) is 0 Å². The zero-order chi connectivity index (χ0) is 15.1. The van der Waals surface area contributed by atoms with Crippen LogP contribution in [0.1, 0.15) is 18.1 Å². The number of hydrogen-bond acceptors (Lipinski definition) is 2. The lowest BCUT2D eigenvalue weighted by Crippen LogP contribution is -2.39. The number of rotatable bonds is 5. The van der Waals surface area contributed by atoms with Crippen LogP contribution in [0.15, 0.2) is 48.8 Å². The van der Waals surface area contributed by atoms with Crippen LogP contribution in [0, 0.1) is 0 Å². The number of urea groups is 1. The molecule has 0 aliphatic heterocycles. The summed E-state index contributed by atoms with van der Waals surface area (Å²) in [7, 11) is 0. The van der Waals surface area contributed by atoms with Gasteiger partial charge in [0, 0.05) is 37.1 Å². The summed E-state index contributed by atoms with van der Waals surface area (Å²) >= 11 is 6.18. The Balaban J connectivity index is 2.16. The number of carbonyl (C=O) groups is 1. The van der Waals surface area contributed by atoms with E-state index in [-0.39, 0.29) is 6.03 Å². The van der Waals surface area contributed by atoms with Gasteiger partial charge in [-0.3, -0.25) is 4.98 Å². The molecule has 0 aliphatic rings. The lowest BCUT2D eigenvalue weighted by Gasteiger charge is -2.23. The van der Waals surface area contributed by atoms with Gasteiger partial charge in [-0.15, -0.1) is 0 Å². The average molecular weight is 304 g/mol. The van der Waals surface area contributed by atoms with Crippen LogP contribution < -0.4 is 5.32 Å². The summed E-state index contributed by atoms with van der Waals surface area (Å²) < 4.78 is 0. The molecule has 0 radical (unpaired) electrons. The van der Waals surface area contributed by atoms with Gasteiger partial charge in [0.25, 0.3) is 0 Å². The molecule has 0 aliphatic carbocycles. The van der Waals surface area contributed by atoms with Crippen LogP contribution in [0.25, 0.3) is 0 Å². The van der Waals surface area contributed by atoms with Crippen molar-refractivity contribution in [2.75, 3.05) is 6.54 Å². The molecule has 5 heteroatoms. The molecule has 21 heavy (non-hydrogen) atoms. The summed E-state index contributed by atoms with van der Waals surface area (Å²) in [6.45, 7) is 3.44. The Hall–Kier alpha value is -2.07. The molecule has 4 nitrogen and oxygen atoms in total. The highest BCUT2D eigenvalue weighted by Crippen LogP contribution is 2.18. The molecule has 1 aromatic heterocycles. The number of nitrogens with one attached hydrogen (secondary N) is 1. The van der Waals surface area contributed by atoms with Crippen LogP contribution in [0.5, 0.6) is 0 Å². The third-order valence-electron chi connectivity index (χ3n) is 3.03. The van der Waals surface area contributed by atoms with E-state index in [0.717, 1.165) is 11.1 Å². The molecule has 2 rings (SSSR count). The standard InChI is InChI=1S/C16H18ClN3O/c1-2-19-16(21)20(11-13-6-5-9-18-10-13)12-14-7-3-4-8-15(14)17/h3-10H,2,11-12H2,1H3,(H,19,21). The van der Waals surface area contributed by atoms with Crippen LogP contribution >= 0.6 is 11.6 Å². The number of halogens is 1. The number of amides is 2. The fourth-order valence-electron chi connectivity index (χ4n) is 2.01. The molecule has 0 unspecified atom stereocenters. The monoisotopic (exact) mass is 303 g/mol. The van der Waals surface area contributed by atoms with Crippen LogP contribution in [-0.2, 0) is 13.1 Å². The summed E-state index contributed by atoms with van der Waals surface area (Å²) in [6.07, 6.45) is 3.48. The van der Waals surface area contributed by atoms with Crippen molar-refractivity contribution in [1.82, 2.24) is 15.2 Å². The first kappa shape index (κ1) is 15.3. The Morgan fingerprint density at radius 1 is 1.24 bits per heavy atom. The van der Waals surface area contributed by atoms with Crippen molar-refractivity contribution < 1.29 is 4.79 Å². The molecule has 110 valence electrons. The maximum absolute atomic E-state index is 12.2. The first-order valence-corrected chi connectivity index (χ1v) is 7.23. The molecular weight excluding hydrogens is 286 g/mol. The van der Waals surface area contributed by atoms with E-state index in [2.05, 4.69) is 10.3 Å². The second-order valence-corrected chi connectivity index (χ2v) is 5.05. The highest BCUT2D eigenvalue weighted by Gasteiger charge is 2.15. The molecule has 0 fully saturated rings. The third kappa shape index (κ3) is 4.46. The predicted octanol–water partition coefficient (Wildman–Crippen LogP) is 3.47. The Morgan fingerprint density at radius 3 is 2.71 bits per heavy atom. The SMILES string of the molecule is CCNC(=O)N(Cc1cccnc1)Cc1ccccc1Cl. The highest BCUT2D eigenvalue weighted by atomic mass is 35.5. The normalized spacial score (nSPS) is 10.2. The Bertz CT molecular complexity index is 589. The molecule has 0 bridgehead atoms. The third-order valence-corrected chi connectivity index (χ3v) is 3.40. The van der Waals surface area contributed by atoms with Gasteiger partial charge in [0.15, 0.2) is 0 Å². The Labute approximate surface area is 129 Å². The fourth-order valence-corrected chi connectivity index (χ4v) is 2.20. The maximum atomic E-state index is 12.2. The lowest BCUT2D eigenvalue weighted by molar-refractivity contribution is 0.193. The largest absolute Gasteiger partial charge is 0.338 e. The van der Waals surface area contributed by atoms with Crippen molar-refractivity contribution in [3.05, 3.63) is 64.9 Å². The molecule has 0 spiro atoms.